The van der Waals surface area contributed by atoms with Crippen molar-refractivity contribution in [2.24, 2.45) is 5.73 Å². The Kier molecular flexibility index (Phi) is 4.90. The lowest BCUT2D eigenvalue weighted by molar-refractivity contribution is -0.116. The highest BCUT2D eigenvalue weighted by Crippen LogP contribution is 2.39. The van der Waals surface area contributed by atoms with Gasteiger partial charge in [0.05, 0.1) is 11.9 Å². The van der Waals surface area contributed by atoms with Gasteiger partial charge >= 0.3 is 0 Å². The van der Waals surface area contributed by atoms with Crippen LogP contribution in [0.5, 0.6) is 0 Å². The van der Waals surface area contributed by atoms with E-state index in [0.29, 0.717) is 5.82 Å². The average molecular weight is 379 g/mol. The lowest BCUT2D eigenvalue weighted by Crippen LogP contribution is -2.31. The van der Waals surface area contributed by atoms with Crippen LogP contribution in [-0.4, -0.2) is 29.5 Å². The third kappa shape index (κ3) is 3.71. The Morgan fingerprint density at radius 3 is 2.74 bits per heavy atom. The molecular weight excluding hydrogens is 356 g/mol. The lowest BCUT2D eigenvalue weighted by atomic mass is 9.97. The predicted octanol–water partition coefficient (Wildman–Crippen LogP) is 3.66. The van der Waals surface area contributed by atoms with Crippen molar-refractivity contribution in [3.63, 3.8) is 0 Å². The molecule has 27 heavy (non-hydrogen) atoms. The normalized spacial score (nSPS) is 13.8. The monoisotopic (exact) mass is 378 g/mol. The smallest absolute Gasteiger partial charge is 0.236 e. The summed E-state index contributed by atoms with van der Waals surface area (Å²) in [6.07, 6.45) is 8.50. The molecule has 1 amide bonds. The van der Waals surface area contributed by atoms with E-state index in [2.05, 4.69) is 0 Å². The van der Waals surface area contributed by atoms with Crippen molar-refractivity contribution < 1.29 is 4.79 Å². The molecule has 0 saturated heterocycles. The molecule has 2 heterocycles. The molecule has 4 rings (SSSR count). The number of primary amides is 1. The second-order valence-corrected chi connectivity index (χ2v) is 7.95. The molecule has 1 aliphatic rings. The summed E-state index contributed by atoms with van der Waals surface area (Å²) in [7, 11) is 1.87. The largest absolute Gasteiger partial charge is 0.368 e. The Morgan fingerprint density at radius 1 is 1.19 bits per heavy atom. The van der Waals surface area contributed by atoms with Crippen molar-refractivity contribution in [2.75, 3.05) is 18.5 Å². The Hall–Kier alpha value is -2.73. The van der Waals surface area contributed by atoms with Crippen LogP contribution >= 0.6 is 11.3 Å². The fourth-order valence-corrected chi connectivity index (χ4v) is 4.81. The van der Waals surface area contributed by atoms with Gasteiger partial charge in [0.1, 0.15) is 10.6 Å². The quantitative estimate of drug-likeness (QED) is 0.735. The van der Waals surface area contributed by atoms with Crippen LogP contribution in [0.15, 0.2) is 30.3 Å². The van der Waals surface area contributed by atoms with Crippen molar-refractivity contribution in [3.05, 3.63) is 52.2 Å². The zero-order chi connectivity index (χ0) is 18.8. The Labute approximate surface area is 162 Å². The number of hydrogen-bond donors (Lipinski definition) is 1. The number of rotatable bonds is 5. The Bertz CT molecular complexity index is 1010. The molecule has 1 aliphatic carbocycles. The number of hydrogen-bond acceptors (Lipinski definition) is 5. The van der Waals surface area contributed by atoms with Crippen LogP contribution in [0.25, 0.3) is 22.4 Å². The molecule has 1 aromatic carbocycles. The first-order chi connectivity index (χ1) is 13.1. The van der Waals surface area contributed by atoms with Crippen LogP contribution in [0.3, 0.4) is 0 Å². The molecule has 3 aromatic rings. The summed E-state index contributed by atoms with van der Waals surface area (Å²) < 4.78 is 0. The van der Waals surface area contributed by atoms with Gasteiger partial charge in [-0.1, -0.05) is 36.4 Å². The van der Waals surface area contributed by atoms with Gasteiger partial charge in [0, 0.05) is 11.9 Å². The van der Waals surface area contributed by atoms with Crippen LogP contribution in [-0.2, 0) is 17.6 Å². The molecule has 0 aliphatic heterocycles. The van der Waals surface area contributed by atoms with Gasteiger partial charge in [0.15, 0.2) is 5.82 Å². The standard InChI is InChI=1S/C21H22N4OS/c1-25(13-17(22)26)20-19-15-9-5-6-10-16(15)27-21(19)24-18(23-20)12-11-14-7-3-2-4-8-14/h2-4,7-8,11-12H,5-6,9-10,13H2,1H3,(H2,22,26)/b12-11+. The van der Waals surface area contributed by atoms with Gasteiger partial charge in [0.2, 0.25) is 5.91 Å². The van der Waals surface area contributed by atoms with Crippen molar-refractivity contribution in [2.45, 2.75) is 25.7 Å². The number of fused-ring (bicyclic) bond motifs is 3. The van der Waals surface area contributed by atoms with Gasteiger partial charge in [-0.15, -0.1) is 11.3 Å². The van der Waals surface area contributed by atoms with E-state index in [-0.39, 0.29) is 12.5 Å². The molecule has 5 nitrogen and oxygen atoms in total. The second kappa shape index (κ2) is 7.48. The molecule has 0 unspecified atom stereocenters. The Balaban J connectivity index is 1.81. The number of nitrogens with two attached hydrogens (primary N) is 1. The molecule has 2 N–H and O–H groups in total. The summed E-state index contributed by atoms with van der Waals surface area (Å²) in [4.78, 5) is 25.3. The topological polar surface area (TPSA) is 72.1 Å². The number of anilines is 1. The molecule has 0 atom stereocenters. The number of benzene rings is 1. The third-order valence-electron chi connectivity index (χ3n) is 4.79. The van der Waals surface area contributed by atoms with Gasteiger partial charge < -0.3 is 10.6 Å². The van der Waals surface area contributed by atoms with Crippen molar-refractivity contribution >= 4 is 45.4 Å². The second-order valence-electron chi connectivity index (χ2n) is 6.86. The summed E-state index contributed by atoms with van der Waals surface area (Å²) >= 11 is 1.76. The van der Waals surface area contributed by atoms with Crippen LogP contribution in [0.4, 0.5) is 5.82 Å². The highest BCUT2D eigenvalue weighted by molar-refractivity contribution is 7.19. The van der Waals surface area contributed by atoms with Crippen LogP contribution in [0.2, 0.25) is 0 Å². The summed E-state index contributed by atoms with van der Waals surface area (Å²) in [5, 5.41) is 1.09. The first kappa shape index (κ1) is 17.7. The number of amides is 1. The molecule has 0 spiro atoms. The van der Waals surface area contributed by atoms with E-state index in [9.17, 15) is 4.79 Å². The zero-order valence-electron chi connectivity index (χ0n) is 15.3. The maximum Gasteiger partial charge on any atom is 0.236 e. The van der Waals surface area contributed by atoms with Crippen LogP contribution < -0.4 is 10.6 Å². The number of carbonyl (C=O) groups is 1. The van der Waals surface area contributed by atoms with E-state index in [1.54, 1.807) is 11.3 Å². The van der Waals surface area contributed by atoms with Gasteiger partial charge in [-0.3, -0.25) is 4.79 Å². The summed E-state index contributed by atoms with van der Waals surface area (Å²) in [5.74, 6) is 1.08. The maximum atomic E-state index is 11.5. The fourth-order valence-electron chi connectivity index (χ4n) is 3.55. The van der Waals surface area contributed by atoms with E-state index < -0.39 is 0 Å². The number of aromatic nitrogens is 2. The SMILES string of the molecule is CN(CC(N)=O)c1nc(/C=C/c2ccccc2)nc2sc3c(c12)CCCC3. The minimum absolute atomic E-state index is 0.137. The van der Waals surface area contributed by atoms with E-state index in [4.69, 9.17) is 15.7 Å². The summed E-state index contributed by atoms with van der Waals surface area (Å²) in [6, 6.07) is 10.1. The molecule has 0 fully saturated rings. The van der Waals surface area contributed by atoms with Crippen molar-refractivity contribution in [1.82, 2.24) is 9.97 Å². The first-order valence-electron chi connectivity index (χ1n) is 9.16. The van der Waals surface area contributed by atoms with Crippen LogP contribution in [0, 0.1) is 0 Å². The van der Waals surface area contributed by atoms with E-state index in [1.807, 2.05) is 54.4 Å². The average Bonchev–Trinajstić information content (AvgIpc) is 3.04. The van der Waals surface area contributed by atoms with Crippen molar-refractivity contribution in [3.8, 4) is 0 Å². The number of aryl methyl sites for hydroxylation is 2. The Morgan fingerprint density at radius 2 is 1.96 bits per heavy atom. The minimum Gasteiger partial charge on any atom is -0.368 e. The van der Waals surface area contributed by atoms with Gasteiger partial charge in [-0.05, 0) is 42.9 Å². The zero-order valence-corrected chi connectivity index (χ0v) is 16.1. The van der Waals surface area contributed by atoms with Crippen molar-refractivity contribution in [1.29, 1.82) is 0 Å². The number of carbonyl (C=O) groups excluding carboxylic acids is 1. The molecular formula is C21H22N4OS. The third-order valence-corrected chi connectivity index (χ3v) is 5.98. The minimum atomic E-state index is -0.366. The molecule has 6 heteroatoms. The first-order valence-corrected chi connectivity index (χ1v) is 9.98. The summed E-state index contributed by atoms with van der Waals surface area (Å²) in [6.45, 7) is 0.137. The lowest BCUT2D eigenvalue weighted by Gasteiger charge is -2.19. The van der Waals surface area contributed by atoms with Gasteiger partial charge in [-0.2, -0.15) is 0 Å². The van der Waals surface area contributed by atoms with E-state index in [1.165, 1.54) is 23.3 Å². The molecule has 0 bridgehead atoms. The molecule has 2 aromatic heterocycles. The fraction of sp³-hybridized carbons (Fsp3) is 0.286. The van der Waals surface area contributed by atoms with Crippen LogP contribution in [0.1, 0.15) is 34.7 Å². The number of likely N-dealkylation sites (N-methyl/N-ethyl adjacent to an activating group) is 1. The molecule has 0 radical (unpaired) electrons. The number of thiophene rings is 1. The van der Waals surface area contributed by atoms with Gasteiger partial charge in [0.25, 0.3) is 0 Å². The predicted molar refractivity (Wildman–Crippen MR) is 112 cm³/mol. The highest BCUT2D eigenvalue weighted by atomic mass is 32.1. The molecule has 0 saturated carbocycles. The number of nitrogens with zero attached hydrogens (tertiary/aromatic N) is 3. The molecule has 138 valence electrons. The van der Waals surface area contributed by atoms with E-state index >= 15 is 0 Å². The highest BCUT2D eigenvalue weighted by Gasteiger charge is 2.22. The maximum absolute atomic E-state index is 11.5. The van der Waals surface area contributed by atoms with Gasteiger partial charge in [-0.25, -0.2) is 9.97 Å². The summed E-state index contributed by atoms with van der Waals surface area (Å²) in [5.41, 5.74) is 7.87. The van der Waals surface area contributed by atoms with E-state index in [0.717, 1.165) is 34.4 Å².